The number of nitrogens with one attached hydrogen (secondary N) is 2. The van der Waals surface area contributed by atoms with Gasteiger partial charge in [0.1, 0.15) is 11.6 Å². The molecule has 0 fully saturated rings. The molecule has 3 aromatic carbocycles. The van der Waals surface area contributed by atoms with Gasteiger partial charge in [-0.15, -0.1) is 0 Å². The van der Waals surface area contributed by atoms with Crippen LogP contribution in [0.2, 0.25) is 15.1 Å². The molecule has 2 amide bonds. The Hall–Kier alpha value is -4.11. The lowest BCUT2D eigenvalue weighted by Gasteiger charge is -2.20. The quantitative estimate of drug-likeness (QED) is 0.242. The van der Waals surface area contributed by atoms with Gasteiger partial charge in [-0.1, -0.05) is 71.2 Å². The molecule has 1 heterocycles. The molecule has 0 radical (unpaired) electrons. The zero-order chi connectivity index (χ0) is 30.4. The molecule has 8 nitrogen and oxygen atoms in total. The molecule has 0 unspecified atom stereocenters. The first kappa shape index (κ1) is 30.8. The highest BCUT2D eigenvalue weighted by Gasteiger charge is 2.25. The number of carbonyl (C=O) groups is 3. The second kappa shape index (κ2) is 13.7. The lowest BCUT2D eigenvalue weighted by atomic mass is 9.93. The highest BCUT2D eigenvalue weighted by atomic mass is 35.5. The van der Waals surface area contributed by atoms with Crippen molar-refractivity contribution in [3.05, 3.63) is 127 Å². The van der Waals surface area contributed by atoms with Crippen molar-refractivity contribution in [2.75, 3.05) is 14.2 Å². The van der Waals surface area contributed by atoms with Crippen LogP contribution in [-0.4, -0.2) is 42.6 Å². The fourth-order valence-corrected chi connectivity index (χ4v) is 5.05. The molecule has 0 aliphatic carbocycles. The minimum absolute atomic E-state index is 0.0706. The van der Waals surface area contributed by atoms with E-state index in [2.05, 4.69) is 10.6 Å². The van der Waals surface area contributed by atoms with E-state index in [0.717, 1.165) is 5.56 Å². The summed E-state index contributed by atoms with van der Waals surface area (Å²) in [6.07, 6.45) is 1.51. The van der Waals surface area contributed by atoms with Gasteiger partial charge in [0.2, 0.25) is 5.91 Å². The molecule has 0 spiro atoms. The van der Waals surface area contributed by atoms with Gasteiger partial charge >= 0.3 is 5.97 Å². The molecule has 11 heteroatoms. The molecule has 1 aromatic heterocycles. The van der Waals surface area contributed by atoms with Gasteiger partial charge in [-0.25, -0.2) is 4.79 Å². The maximum absolute atomic E-state index is 13.4. The van der Waals surface area contributed by atoms with Crippen molar-refractivity contribution in [1.29, 1.82) is 0 Å². The fraction of sp³-hybridized carbons (Fsp3) is 0.161. The van der Waals surface area contributed by atoms with Crippen LogP contribution >= 0.6 is 34.8 Å². The maximum atomic E-state index is 13.4. The molecule has 0 saturated heterocycles. The zero-order valence-electron chi connectivity index (χ0n) is 22.6. The van der Waals surface area contributed by atoms with E-state index in [-0.39, 0.29) is 29.1 Å². The van der Waals surface area contributed by atoms with Crippen molar-refractivity contribution in [1.82, 2.24) is 15.2 Å². The maximum Gasteiger partial charge on any atom is 0.337 e. The average molecular weight is 627 g/mol. The number of esters is 1. The molecule has 0 aliphatic rings. The monoisotopic (exact) mass is 625 g/mol. The molecule has 1 atom stereocenters. The normalized spacial score (nSPS) is 11.5. The van der Waals surface area contributed by atoms with Crippen LogP contribution in [0.1, 0.15) is 31.8 Å². The summed E-state index contributed by atoms with van der Waals surface area (Å²) < 4.78 is 6.16. The average Bonchev–Trinajstić information content (AvgIpc) is 2.98. The number of ether oxygens (including phenoxy) is 1. The van der Waals surface area contributed by atoms with Gasteiger partial charge in [-0.3, -0.25) is 14.4 Å². The molecule has 4 rings (SSSR count). The van der Waals surface area contributed by atoms with Gasteiger partial charge < -0.3 is 19.9 Å². The molecule has 0 aliphatic heterocycles. The summed E-state index contributed by atoms with van der Waals surface area (Å²) in [5.74, 6) is -1.77. The molecular weight excluding hydrogens is 601 g/mol. The summed E-state index contributed by atoms with van der Waals surface area (Å²) in [5, 5.41) is 6.31. The SMILES string of the molecule is CNC(=O)[C@@H](Cc1ccccc1-c1cc(Cl)cc(C(=O)OC)c1)NC(=O)c1cc(Cl)cn(Cc2ccc(Cl)cc2)c1=O. The Labute approximate surface area is 257 Å². The first-order chi connectivity index (χ1) is 20.1. The van der Waals surface area contributed by atoms with Gasteiger partial charge in [0.25, 0.3) is 11.5 Å². The Balaban J connectivity index is 1.64. The zero-order valence-corrected chi connectivity index (χ0v) is 24.9. The summed E-state index contributed by atoms with van der Waals surface area (Å²) in [4.78, 5) is 51.7. The van der Waals surface area contributed by atoms with E-state index >= 15 is 0 Å². The van der Waals surface area contributed by atoms with Crippen LogP contribution < -0.4 is 16.2 Å². The van der Waals surface area contributed by atoms with Gasteiger partial charge in [0.15, 0.2) is 0 Å². The van der Waals surface area contributed by atoms with E-state index in [0.29, 0.717) is 26.7 Å². The molecule has 4 aromatic rings. The number of rotatable bonds is 9. The van der Waals surface area contributed by atoms with Crippen molar-refractivity contribution in [2.24, 2.45) is 0 Å². The van der Waals surface area contributed by atoms with Crippen LogP contribution in [0.3, 0.4) is 0 Å². The molecule has 2 N–H and O–H groups in total. The highest BCUT2D eigenvalue weighted by Crippen LogP contribution is 2.29. The van der Waals surface area contributed by atoms with E-state index in [9.17, 15) is 19.2 Å². The smallest absolute Gasteiger partial charge is 0.337 e. The van der Waals surface area contributed by atoms with E-state index in [4.69, 9.17) is 39.5 Å². The van der Waals surface area contributed by atoms with Crippen LogP contribution in [0, 0.1) is 0 Å². The van der Waals surface area contributed by atoms with Gasteiger partial charge in [0, 0.05) is 29.7 Å². The van der Waals surface area contributed by atoms with Gasteiger partial charge in [-0.05, 0) is 58.7 Å². The van der Waals surface area contributed by atoms with Crippen molar-refractivity contribution in [2.45, 2.75) is 19.0 Å². The number of aromatic nitrogens is 1. The van der Waals surface area contributed by atoms with Crippen LogP contribution in [0.5, 0.6) is 0 Å². The Morgan fingerprint density at radius 3 is 2.31 bits per heavy atom. The van der Waals surface area contributed by atoms with Crippen LogP contribution in [0.25, 0.3) is 11.1 Å². The van der Waals surface area contributed by atoms with Crippen LogP contribution in [0.4, 0.5) is 0 Å². The standard InChI is InChI=1S/C31H26Cl3N3O5/c1-35-29(39)27(14-19-5-3-4-6-25(19)20-11-21(31(41)42-2)13-23(33)12-20)36-28(38)26-15-24(34)17-37(30(26)40)16-18-7-9-22(32)10-8-18/h3-13,15,17,27H,14,16H2,1-2H3,(H,35,39)(H,36,38)/t27-/m1/s1. The van der Waals surface area contributed by atoms with Gasteiger partial charge in [0.05, 0.1) is 24.2 Å². The summed E-state index contributed by atoms with van der Waals surface area (Å²) in [6, 6.07) is 19.2. The number of nitrogens with zero attached hydrogens (tertiary/aromatic N) is 1. The van der Waals surface area contributed by atoms with E-state index in [1.165, 1.54) is 37.1 Å². The molecule has 42 heavy (non-hydrogen) atoms. The number of hydrogen-bond donors (Lipinski definition) is 2. The number of pyridine rings is 1. The fourth-order valence-electron chi connectivity index (χ4n) is 4.47. The van der Waals surface area contributed by atoms with E-state index in [1.807, 2.05) is 6.07 Å². The predicted octanol–water partition coefficient (Wildman–Crippen LogP) is 5.40. The van der Waals surface area contributed by atoms with Crippen LogP contribution in [-0.2, 0) is 22.5 Å². The summed E-state index contributed by atoms with van der Waals surface area (Å²) in [6.45, 7) is 0.163. The first-order valence-corrected chi connectivity index (χ1v) is 13.9. The third-order valence-corrected chi connectivity index (χ3v) is 7.18. The van der Waals surface area contributed by atoms with Gasteiger partial charge in [-0.2, -0.15) is 0 Å². The number of halogens is 3. The summed E-state index contributed by atoms with van der Waals surface area (Å²) >= 11 is 18.5. The predicted molar refractivity (Wildman–Crippen MR) is 164 cm³/mol. The van der Waals surface area contributed by atoms with E-state index in [1.54, 1.807) is 54.6 Å². The third kappa shape index (κ3) is 7.39. The van der Waals surface area contributed by atoms with Crippen LogP contribution in [0.15, 0.2) is 83.8 Å². The second-order valence-electron chi connectivity index (χ2n) is 9.35. The van der Waals surface area contributed by atoms with E-state index < -0.39 is 29.4 Å². The minimum Gasteiger partial charge on any atom is -0.465 e. The van der Waals surface area contributed by atoms with Crippen molar-refractivity contribution in [3.8, 4) is 11.1 Å². The minimum atomic E-state index is -1.05. The Kier molecular flexibility index (Phi) is 10.1. The largest absolute Gasteiger partial charge is 0.465 e. The highest BCUT2D eigenvalue weighted by molar-refractivity contribution is 6.31. The molecule has 0 bridgehead atoms. The number of methoxy groups -OCH3 is 1. The first-order valence-electron chi connectivity index (χ1n) is 12.7. The van der Waals surface area contributed by atoms with Crippen molar-refractivity contribution in [3.63, 3.8) is 0 Å². The molecule has 0 saturated carbocycles. The number of likely N-dealkylation sites (N-methyl/N-ethyl adjacent to an activating group) is 1. The Bertz CT molecular complexity index is 1700. The third-order valence-electron chi connectivity index (χ3n) is 6.50. The summed E-state index contributed by atoms with van der Waals surface area (Å²) in [5.41, 5.74) is 2.28. The Morgan fingerprint density at radius 2 is 1.62 bits per heavy atom. The number of hydrogen-bond acceptors (Lipinski definition) is 5. The number of benzene rings is 3. The lowest BCUT2D eigenvalue weighted by molar-refractivity contribution is -0.122. The molecule has 216 valence electrons. The summed E-state index contributed by atoms with van der Waals surface area (Å²) in [7, 11) is 2.73. The Morgan fingerprint density at radius 1 is 0.905 bits per heavy atom. The lowest BCUT2D eigenvalue weighted by Crippen LogP contribution is -2.48. The van der Waals surface area contributed by atoms with Crippen molar-refractivity contribution >= 4 is 52.6 Å². The topological polar surface area (TPSA) is 106 Å². The number of carbonyl (C=O) groups excluding carboxylic acids is 3. The second-order valence-corrected chi connectivity index (χ2v) is 10.7. The number of amides is 2. The molecular formula is C31H26Cl3N3O5. The van der Waals surface area contributed by atoms with Crippen molar-refractivity contribution < 1.29 is 19.1 Å².